The molecule has 0 fully saturated rings. The minimum atomic E-state index is -0.549. The maximum Gasteiger partial charge on any atom is 0.340 e. The first-order valence-corrected chi connectivity index (χ1v) is 6.62. The Morgan fingerprint density at radius 3 is 2.67 bits per heavy atom. The Kier molecular flexibility index (Phi) is 4.37. The van der Waals surface area contributed by atoms with Crippen LogP contribution in [0.1, 0.15) is 15.9 Å². The second kappa shape index (κ2) is 6.05. The SMILES string of the molecule is COC(=O)c1cc(C)c(N)c(S)c1Nc1ccccc1F. The fourth-order valence-corrected chi connectivity index (χ4v) is 2.26. The number of nitrogen functional groups attached to an aromatic ring is 1. The molecule has 2 aromatic carbocycles. The Hall–Kier alpha value is -2.21. The number of carbonyl (C=O) groups is 1. The van der Waals surface area contributed by atoms with Crippen molar-refractivity contribution in [3.8, 4) is 0 Å². The third kappa shape index (κ3) is 2.95. The molecule has 0 aliphatic heterocycles. The number of hydrogen-bond donors (Lipinski definition) is 3. The summed E-state index contributed by atoms with van der Waals surface area (Å²) in [5.41, 5.74) is 7.83. The number of carbonyl (C=O) groups excluding carboxylic acids is 1. The maximum atomic E-state index is 13.8. The number of benzene rings is 2. The van der Waals surface area contributed by atoms with E-state index in [1.54, 1.807) is 31.2 Å². The number of halogens is 1. The Bertz CT molecular complexity index is 704. The van der Waals surface area contributed by atoms with E-state index < -0.39 is 11.8 Å². The lowest BCUT2D eigenvalue weighted by Crippen LogP contribution is -2.09. The van der Waals surface area contributed by atoms with E-state index in [9.17, 15) is 9.18 Å². The van der Waals surface area contributed by atoms with Crippen LogP contribution in [0.2, 0.25) is 0 Å². The van der Waals surface area contributed by atoms with E-state index in [0.717, 1.165) is 0 Å². The van der Waals surface area contributed by atoms with Gasteiger partial charge in [0.05, 0.1) is 34.6 Å². The number of thiol groups is 1. The molecule has 0 aliphatic rings. The molecule has 0 unspecified atom stereocenters. The number of anilines is 3. The van der Waals surface area contributed by atoms with Crippen LogP contribution in [0.25, 0.3) is 0 Å². The van der Waals surface area contributed by atoms with Crippen LogP contribution < -0.4 is 11.1 Å². The molecule has 3 N–H and O–H groups in total. The van der Waals surface area contributed by atoms with Gasteiger partial charge in [-0.25, -0.2) is 9.18 Å². The Labute approximate surface area is 127 Å². The summed E-state index contributed by atoms with van der Waals surface area (Å²) >= 11 is 4.33. The highest BCUT2D eigenvalue weighted by molar-refractivity contribution is 7.80. The third-order valence-electron chi connectivity index (χ3n) is 3.09. The highest BCUT2D eigenvalue weighted by Gasteiger charge is 2.19. The van der Waals surface area contributed by atoms with Gasteiger partial charge in [-0.3, -0.25) is 0 Å². The average Bonchev–Trinajstić information content (AvgIpc) is 2.48. The molecule has 0 aromatic heterocycles. The summed E-state index contributed by atoms with van der Waals surface area (Å²) < 4.78 is 18.5. The summed E-state index contributed by atoms with van der Waals surface area (Å²) in [5, 5.41) is 2.86. The second-order valence-corrected chi connectivity index (χ2v) is 4.92. The molecule has 0 amide bonds. The van der Waals surface area contributed by atoms with Crippen molar-refractivity contribution in [3.05, 3.63) is 47.3 Å². The number of nitrogens with two attached hydrogens (primary N) is 1. The summed E-state index contributed by atoms with van der Waals surface area (Å²) in [4.78, 5) is 12.3. The van der Waals surface area contributed by atoms with E-state index in [1.807, 2.05) is 0 Å². The predicted molar refractivity (Wildman–Crippen MR) is 83.9 cm³/mol. The van der Waals surface area contributed by atoms with Crippen LogP contribution in [0.3, 0.4) is 0 Å². The molecule has 0 saturated heterocycles. The first kappa shape index (κ1) is 15.2. The van der Waals surface area contributed by atoms with E-state index in [4.69, 9.17) is 10.5 Å². The fourth-order valence-electron chi connectivity index (χ4n) is 1.91. The summed E-state index contributed by atoms with van der Waals surface area (Å²) in [7, 11) is 1.28. The molecule has 0 atom stereocenters. The maximum absolute atomic E-state index is 13.8. The van der Waals surface area contributed by atoms with Gasteiger partial charge in [0.15, 0.2) is 0 Å². The summed E-state index contributed by atoms with van der Waals surface area (Å²) in [6.07, 6.45) is 0. The Morgan fingerprint density at radius 1 is 1.38 bits per heavy atom. The number of aryl methyl sites for hydroxylation is 1. The van der Waals surface area contributed by atoms with Gasteiger partial charge in [0.25, 0.3) is 0 Å². The number of methoxy groups -OCH3 is 1. The molecule has 0 spiro atoms. The molecule has 2 aromatic rings. The number of nitrogens with one attached hydrogen (secondary N) is 1. The second-order valence-electron chi connectivity index (χ2n) is 4.47. The first-order valence-electron chi connectivity index (χ1n) is 6.17. The Balaban J connectivity index is 2.59. The van der Waals surface area contributed by atoms with Crippen LogP contribution in [0.5, 0.6) is 0 Å². The van der Waals surface area contributed by atoms with Crippen LogP contribution in [-0.4, -0.2) is 13.1 Å². The van der Waals surface area contributed by atoms with Crippen molar-refractivity contribution in [1.82, 2.24) is 0 Å². The standard InChI is InChI=1S/C15H15FN2O2S/c1-8-7-9(15(19)20-2)13(14(21)12(8)17)18-11-6-4-3-5-10(11)16/h3-7,18,21H,17H2,1-2H3. The number of hydrogen-bond acceptors (Lipinski definition) is 5. The molecule has 0 radical (unpaired) electrons. The minimum Gasteiger partial charge on any atom is -0.465 e. The summed E-state index contributed by atoms with van der Waals surface area (Å²) in [6.45, 7) is 1.76. The van der Waals surface area contributed by atoms with E-state index in [1.165, 1.54) is 13.2 Å². The van der Waals surface area contributed by atoms with Crippen molar-refractivity contribution in [2.75, 3.05) is 18.2 Å². The largest absolute Gasteiger partial charge is 0.465 e. The highest BCUT2D eigenvalue weighted by Crippen LogP contribution is 2.35. The smallest absolute Gasteiger partial charge is 0.340 e. The molecule has 0 bridgehead atoms. The molecular formula is C15H15FN2O2S. The van der Waals surface area contributed by atoms with Gasteiger partial charge in [0.2, 0.25) is 0 Å². The van der Waals surface area contributed by atoms with Crippen molar-refractivity contribution in [2.45, 2.75) is 11.8 Å². The van der Waals surface area contributed by atoms with Gasteiger partial charge in [-0.1, -0.05) is 12.1 Å². The molecule has 0 heterocycles. The zero-order valence-corrected chi connectivity index (χ0v) is 12.5. The molecule has 21 heavy (non-hydrogen) atoms. The quantitative estimate of drug-likeness (QED) is 0.461. The van der Waals surface area contributed by atoms with E-state index in [-0.39, 0.29) is 11.3 Å². The molecule has 110 valence electrons. The van der Waals surface area contributed by atoms with Gasteiger partial charge in [0, 0.05) is 0 Å². The fraction of sp³-hybridized carbons (Fsp3) is 0.133. The molecule has 0 saturated carbocycles. The molecule has 2 rings (SSSR count). The van der Waals surface area contributed by atoms with Gasteiger partial charge in [0.1, 0.15) is 5.82 Å². The summed E-state index contributed by atoms with van der Waals surface area (Å²) in [5.74, 6) is -0.993. The highest BCUT2D eigenvalue weighted by atomic mass is 32.1. The van der Waals surface area contributed by atoms with Gasteiger partial charge < -0.3 is 15.8 Å². The van der Waals surface area contributed by atoms with E-state index >= 15 is 0 Å². The van der Waals surface area contributed by atoms with Crippen molar-refractivity contribution in [3.63, 3.8) is 0 Å². The van der Waals surface area contributed by atoms with Gasteiger partial charge in [-0.2, -0.15) is 0 Å². The van der Waals surface area contributed by atoms with E-state index in [0.29, 0.717) is 21.8 Å². The predicted octanol–water partition coefficient (Wildman–Crippen LogP) is 3.54. The molecule has 6 heteroatoms. The lowest BCUT2D eigenvalue weighted by atomic mass is 10.1. The summed E-state index contributed by atoms with van der Waals surface area (Å²) in [6, 6.07) is 7.71. The molecule has 4 nitrogen and oxygen atoms in total. The van der Waals surface area contributed by atoms with Crippen molar-refractivity contribution >= 4 is 35.7 Å². The zero-order chi connectivity index (χ0) is 15.6. The lowest BCUT2D eigenvalue weighted by molar-refractivity contribution is 0.0601. The zero-order valence-electron chi connectivity index (χ0n) is 11.6. The van der Waals surface area contributed by atoms with Crippen LogP contribution in [0, 0.1) is 12.7 Å². The van der Waals surface area contributed by atoms with Gasteiger partial charge >= 0.3 is 5.97 Å². The van der Waals surface area contributed by atoms with Crippen molar-refractivity contribution in [2.24, 2.45) is 0 Å². The van der Waals surface area contributed by atoms with Gasteiger partial charge in [-0.15, -0.1) is 12.6 Å². The van der Waals surface area contributed by atoms with Crippen LogP contribution >= 0.6 is 12.6 Å². The number of esters is 1. The van der Waals surface area contributed by atoms with Crippen LogP contribution in [-0.2, 0) is 4.74 Å². The minimum absolute atomic E-state index is 0.223. The topological polar surface area (TPSA) is 64.3 Å². The third-order valence-corrected chi connectivity index (χ3v) is 3.55. The molecule has 0 aliphatic carbocycles. The van der Waals surface area contributed by atoms with E-state index in [2.05, 4.69) is 17.9 Å². The first-order chi connectivity index (χ1) is 9.95. The van der Waals surface area contributed by atoms with Crippen LogP contribution in [0.4, 0.5) is 21.5 Å². The molecular weight excluding hydrogens is 291 g/mol. The Morgan fingerprint density at radius 2 is 2.05 bits per heavy atom. The number of para-hydroxylation sites is 1. The van der Waals surface area contributed by atoms with Crippen molar-refractivity contribution < 1.29 is 13.9 Å². The normalized spacial score (nSPS) is 10.3. The average molecular weight is 306 g/mol. The monoisotopic (exact) mass is 306 g/mol. The van der Waals surface area contributed by atoms with Crippen molar-refractivity contribution in [1.29, 1.82) is 0 Å². The number of rotatable bonds is 3. The number of ether oxygens (including phenoxy) is 1. The van der Waals surface area contributed by atoms with Gasteiger partial charge in [-0.05, 0) is 30.7 Å². The van der Waals surface area contributed by atoms with Crippen LogP contribution in [0.15, 0.2) is 35.2 Å². The lowest BCUT2D eigenvalue weighted by Gasteiger charge is -2.17.